The first kappa shape index (κ1) is 38.8. The second kappa shape index (κ2) is 15.7. The molecule has 2 heterocycles. The molecule has 12 rings (SSSR count). The summed E-state index contributed by atoms with van der Waals surface area (Å²) < 4.78 is 35.9. The van der Waals surface area contributed by atoms with Crippen LogP contribution >= 0.6 is 0 Å². The van der Waals surface area contributed by atoms with Gasteiger partial charge in [-0.15, -0.1) is 0 Å². The molecule has 5 heteroatoms. The van der Waals surface area contributed by atoms with E-state index in [2.05, 4.69) is 161 Å². The first-order valence-corrected chi connectivity index (χ1v) is 21.9. The van der Waals surface area contributed by atoms with Crippen LogP contribution in [0.1, 0.15) is 5.56 Å². The van der Waals surface area contributed by atoms with Crippen molar-refractivity contribution in [3.8, 4) is 73.1 Å². The summed E-state index contributed by atoms with van der Waals surface area (Å²) in [5.74, 6) is -1.81. The van der Waals surface area contributed by atoms with Crippen LogP contribution < -0.4 is 0 Å². The van der Waals surface area contributed by atoms with E-state index in [0.29, 0.717) is 11.1 Å². The average molecular weight is 850 g/mol. The Hall–Kier alpha value is -8.85. The van der Waals surface area contributed by atoms with Gasteiger partial charge in [0.1, 0.15) is 23.3 Å². The second-order valence-corrected chi connectivity index (χ2v) is 16.7. The standard InChI is InChI=1S/C61H37F2N3/c62-56-33-48(34-57(63)55(56)38-64)47-29-49(65-58-27-23-43(39-13-5-1-6-14-39)31-53(58)51-25-21-45(35-60(51)65)41-17-9-3-10-18-41)37-50(30-47)66-59-28-24-44(40-15-7-2-8-16-40)32-54(59)52-26-22-46(36-61(52)66)42-19-11-4-12-20-42/h1-37H. The molecule has 0 aliphatic rings. The molecule has 0 bridgehead atoms. The molecule has 0 saturated carbocycles. The number of hydrogen-bond donors (Lipinski definition) is 0. The summed E-state index contributed by atoms with van der Waals surface area (Å²) in [5, 5.41) is 14.0. The summed E-state index contributed by atoms with van der Waals surface area (Å²) in [6.45, 7) is 0. The van der Waals surface area contributed by atoms with Crippen LogP contribution in [-0.2, 0) is 0 Å². The Balaban J connectivity index is 1.18. The number of benzene rings is 10. The molecule has 0 saturated heterocycles. The number of fused-ring (bicyclic) bond motifs is 6. The topological polar surface area (TPSA) is 33.6 Å². The van der Waals surface area contributed by atoms with Crippen LogP contribution in [0.3, 0.4) is 0 Å². The van der Waals surface area contributed by atoms with Crippen LogP contribution in [0.4, 0.5) is 8.78 Å². The first-order chi connectivity index (χ1) is 32.5. The van der Waals surface area contributed by atoms with Gasteiger partial charge in [-0.25, -0.2) is 8.78 Å². The number of hydrogen-bond acceptors (Lipinski definition) is 1. The van der Waals surface area contributed by atoms with Crippen molar-refractivity contribution in [2.24, 2.45) is 0 Å². The molecule has 0 spiro atoms. The molecule has 0 N–H and O–H groups in total. The van der Waals surface area contributed by atoms with E-state index in [9.17, 15) is 5.26 Å². The summed E-state index contributed by atoms with van der Waals surface area (Å²) >= 11 is 0. The van der Waals surface area contributed by atoms with Gasteiger partial charge in [0, 0.05) is 32.9 Å². The third kappa shape index (κ3) is 6.55. The van der Waals surface area contributed by atoms with E-state index in [-0.39, 0.29) is 0 Å². The lowest BCUT2D eigenvalue weighted by atomic mass is 10.0. The molecule has 2 aromatic heterocycles. The number of nitrogens with zero attached hydrogens (tertiary/aromatic N) is 3. The van der Waals surface area contributed by atoms with Crippen LogP contribution in [0.15, 0.2) is 224 Å². The van der Waals surface area contributed by atoms with Gasteiger partial charge in [-0.3, -0.25) is 0 Å². The van der Waals surface area contributed by atoms with Gasteiger partial charge in [0.15, 0.2) is 0 Å². The zero-order valence-electron chi connectivity index (χ0n) is 35.5. The van der Waals surface area contributed by atoms with Gasteiger partial charge >= 0.3 is 0 Å². The fourth-order valence-corrected chi connectivity index (χ4v) is 9.71. The fourth-order valence-electron chi connectivity index (χ4n) is 9.71. The maximum absolute atomic E-state index is 15.7. The lowest BCUT2D eigenvalue weighted by Crippen LogP contribution is -2.01. The highest BCUT2D eigenvalue weighted by molar-refractivity contribution is 6.13. The summed E-state index contributed by atoms with van der Waals surface area (Å²) in [5.41, 5.74) is 14.6. The first-order valence-electron chi connectivity index (χ1n) is 21.9. The molecular formula is C61H37F2N3. The van der Waals surface area contributed by atoms with E-state index in [1.54, 1.807) is 6.07 Å². The maximum Gasteiger partial charge on any atom is 0.144 e. The van der Waals surface area contributed by atoms with Crippen molar-refractivity contribution in [3.05, 3.63) is 242 Å². The predicted molar refractivity (Wildman–Crippen MR) is 267 cm³/mol. The zero-order valence-corrected chi connectivity index (χ0v) is 35.5. The van der Waals surface area contributed by atoms with Crippen molar-refractivity contribution in [3.63, 3.8) is 0 Å². The van der Waals surface area contributed by atoms with Gasteiger partial charge < -0.3 is 9.13 Å². The van der Waals surface area contributed by atoms with Crippen LogP contribution in [0, 0.1) is 23.0 Å². The largest absolute Gasteiger partial charge is 0.309 e. The van der Waals surface area contributed by atoms with Crippen molar-refractivity contribution < 1.29 is 8.78 Å². The highest BCUT2D eigenvalue weighted by Crippen LogP contribution is 2.42. The minimum absolute atomic E-state index is 0.321. The van der Waals surface area contributed by atoms with Crippen molar-refractivity contribution in [2.45, 2.75) is 0 Å². The van der Waals surface area contributed by atoms with Gasteiger partial charge in [0.05, 0.1) is 22.1 Å². The molecule has 10 aromatic carbocycles. The van der Waals surface area contributed by atoms with Gasteiger partial charge in [-0.05, 0) is 122 Å². The molecule has 12 aromatic rings. The number of halogens is 2. The SMILES string of the molecule is N#Cc1c(F)cc(-c2cc(-n3c4ccc(-c5ccccc5)cc4c4ccc(-c5ccccc5)cc43)cc(-n3c4ccc(-c5ccccc5)cc4c4ccc(-c5ccccc5)cc43)c2)cc1F. The van der Waals surface area contributed by atoms with Gasteiger partial charge in [0.25, 0.3) is 0 Å². The van der Waals surface area contributed by atoms with Crippen molar-refractivity contribution in [1.29, 1.82) is 5.26 Å². The van der Waals surface area contributed by atoms with Crippen molar-refractivity contribution >= 4 is 43.6 Å². The van der Waals surface area contributed by atoms with Crippen molar-refractivity contribution in [2.75, 3.05) is 0 Å². The lowest BCUT2D eigenvalue weighted by molar-refractivity contribution is 0.577. The summed E-state index contributed by atoms with van der Waals surface area (Å²) in [6, 6.07) is 78.2. The van der Waals surface area contributed by atoms with E-state index >= 15 is 8.78 Å². The Kier molecular flexibility index (Phi) is 9.25. The molecule has 0 atom stereocenters. The highest BCUT2D eigenvalue weighted by Gasteiger charge is 2.21. The Morgan fingerprint density at radius 2 is 0.636 bits per heavy atom. The third-order valence-electron chi connectivity index (χ3n) is 12.9. The summed E-state index contributed by atoms with van der Waals surface area (Å²) in [4.78, 5) is 0. The van der Waals surface area contributed by atoms with E-state index < -0.39 is 17.2 Å². The molecule has 0 unspecified atom stereocenters. The molecule has 310 valence electrons. The number of nitriles is 1. The normalized spacial score (nSPS) is 11.5. The van der Waals surface area contributed by atoms with Crippen LogP contribution in [0.2, 0.25) is 0 Å². The third-order valence-corrected chi connectivity index (χ3v) is 12.9. The number of rotatable bonds is 7. The summed E-state index contributed by atoms with van der Waals surface area (Å²) in [7, 11) is 0. The van der Waals surface area contributed by atoms with Gasteiger partial charge in [-0.1, -0.05) is 158 Å². The maximum atomic E-state index is 15.7. The van der Waals surface area contributed by atoms with Crippen LogP contribution in [0.5, 0.6) is 0 Å². The fraction of sp³-hybridized carbons (Fsp3) is 0. The molecule has 0 fully saturated rings. The molecule has 66 heavy (non-hydrogen) atoms. The minimum Gasteiger partial charge on any atom is -0.309 e. The molecule has 0 amide bonds. The van der Waals surface area contributed by atoms with Crippen molar-refractivity contribution in [1.82, 2.24) is 9.13 Å². The van der Waals surface area contributed by atoms with Crippen LogP contribution in [-0.4, -0.2) is 9.13 Å². The predicted octanol–water partition coefficient (Wildman–Crippen LogP) is 16.4. The van der Waals surface area contributed by atoms with E-state index in [4.69, 9.17) is 0 Å². The number of aromatic nitrogens is 2. The quantitative estimate of drug-likeness (QED) is 0.157. The monoisotopic (exact) mass is 849 g/mol. The highest BCUT2D eigenvalue weighted by atomic mass is 19.1. The molecule has 0 aliphatic heterocycles. The van der Waals surface area contributed by atoms with E-state index in [1.165, 1.54) is 12.1 Å². The Morgan fingerprint density at radius 1 is 0.288 bits per heavy atom. The van der Waals surface area contributed by atoms with Gasteiger partial charge in [-0.2, -0.15) is 5.26 Å². The van der Waals surface area contributed by atoms with Gasteiger partial charge in [0.2, 0.25) is 0 Å². The second-order valence-electron chi connectivity index (χ2n) is 16.7. The smallest absolute Gasteiger partial charge is 0.144 e. The molecule has 0 radical (unpaired) electrons. The minimum atomic E-state index is -0.907. The Morgan fingerprint density at radius 3 is 1.02 bits per heavy atom. The zero-order chi connectivity index (χ0) is 44.3. The summed E-state index contributed by atoms with van der Waals surface area (Å²) in [6.07, 6.45) is 0. The Bertz CT molecular complexity index is 3640. The Labute approximate surface area is 379 Å². The molecular weight excluding hydrogens is 813 g/mol. The molecule has 0 aliphatic carbocycles. The van der Waals surface area contributed by atoms with E-state index in [1.807, 2.05) is 60.7 Å². The van der Waals surface area contributed by atoms with Crippen LogP contribution in [0.25, 0.3) is 111 Å². The average Bonchev–Trinajstić information content (AvgIpc) is 3.88. The molecule has 3 nitrogen and oxygen atoms in total. The van der Waals surface area contributed by atoms with E-state index in [0.717, 1.165) is 99.5 Å². The lowest BCUT2D eigenvalue weighted by Gasteiger charge is -2.17.